The van der Waals surface area contributed by atoms with Crippen molar-refractivity contribution >= 4 is 39.6 Å². The number of carbonyl (C=O) groups is 2. The molecule has 0 aliphatic carbocycles. The van der Waals surface area contributed by atoms with Crippen LogP contribution >= 0.6 is 22.7 Å². The Hall–Kier alpha value is -2.58. The standard InChI is InChI=1S/C19H20N4O2S2/c1-3-12(2)15(20-16(24)14-10-7-11-26-14)17(25)21-19-23-22-18(27-19)13-8-5-4-6-9-13/h4-12,15H,3H2,1-2H3,(H,20,24)(H,21,23,25)/t12-,15-/m0/s1. The highest BCUT2D eigenvalue weighted by Crippen LogP contribution is 2.26. The van der Waals surface area contributed by atoms with E-state index in [4.69, 9.17) is 0 Å². The summed E-state index contributed by atoms with van der Waals surface area (Å²) in [6.45, 7) is 3.93. The molecule has 3 rings (SSSR count). The fraction of sp³-hybridized carbons (Fsp3) is 0.263. The molecule has 0 saturated heterocycles. The number of hydrogen-bond acceptors (Lipinski definition) is 6. The van der Waals surface area contributed by atoms with Crippen LogP contribution in [0.2, 0.25) is 0 Å². The highest BCUT2D eigenvalue weighted by Gasteiger charge is 2.27. The van der Waals surface area contributed by atoms with Crippen LogP contribution in [0.15, 0.2) is 47.8 Å². The molecule has 0 radical (unpaired) electrons. The van der Waals surface area contributed by atoms with E-state index in [0.29, 0.717) is 10.0 Å². The number of benzene rings is 1. The van der Waals surface area contributed by atoms with Crippen LogP contribution in [0.25, 0.3) is 10.6 Å². The van der Waals surface area contributed by atoms with Crippen molar-refractivity contribution in [1.82, 2.24) is 15.5 Å². The van der Waals surface area contributed by atoms with Crippen molar-refractivity contribution in [1.29, 1.82) is 0 Å². The zero-order valence-corrected chi connectivity index (χ0v) is 16.6. The lowest BCUT2D eigenvalue weighted by molar-refractivity contribution is -0.119. The molecule has 2 aromatic heterocycles. The Morgan fingerprint density at radius 3 is 2.56 bits per heavy atom. The second kappa shape index (κ2) is 8.88. The fourth-order valence-corrected chi connectivity index (χ4v) is 3.86. The van der Waals surface area contributed by atoms with Gasteiger partial charge in [0.15, 0.2) is 0 Å². The van der Waals surface area contributed by atoms with Gasteiger partial charge in [-0.05, 0) is 17.4 Å². The zero-order chi connectivity index (χ0) is 19.2. The van der Waals surface area contributed by atoms with E-state index in [1.54, 1.807) is 6.07 Å². The summed E-state index contributed by atoms with van der Waals surface area (Å²) in [5.41, 5.74) is 0.944. The van der Waals surface area contributed by atoms with Crippen LogP contribution < -0.4 is 10.6 Å². The second-order valence-corrected chi connectivity index (χ2v) is 8.01. The molecule has 27 heavy (non-hydrogen) atoms. The molecule has 140 valence electrons. The van der Waals surface area contributed by atoms with Crippen LogP contribution in [0.5, 0.6) is 0 Å². The number of rotatable bonds is 7. The SMILES string of the molecule is CC[C@H](C)[C@H](NC(=O)c1cccs1)C(=O)Nc1nnc(-c2ccccc2)s1. The summed E-state index contributed by atoms with van der Waals surface area (Å²) in [6, 6.07) is 12.6. The van der Waals surface area contributed by atoms with Crippen molar-refractivity contribution in [2.45, 2.75) is 26.3 Å². The lowest BCUT2D eigenvalue weighted by Crippen LogP contribution is -2.47. The molecule has 0 aliphatic heterocycles. The summed E-state index contributed by atoms with van der Waals surface area (Å²) in [4.78, 5) is 25.7. The number of anilines is 1. The highest BCUT2D eigenvalue weighted by molar-refractivity contribution is 7.18. The van der Waals surface area contributed by atoms with E-state index in [0.717, 1.165) is 17.0 Å². The van der Waals surface area contributed by atoms with Crippen molar-refractivity contribution in [3.05, 3.63) is 52.7 Å². The van der Waals surface area contributed by atoms with Crippen molar-refractivity contribution in [3.63, 3.8) is 0 Å². The first-order valence-corrected chi connectivity index (χ1v) is 10.3. The summed E-state index contributed by atoms with van der Waals surface area (Å²) >= 11 is 2.65. The Labute approximate surface area is 165 Å². The van der Waals surface area contributed by atoms with Gasteiger partial charge in [-0.25, -0.2) is 0 Å². The summed E-state index contributed by atoms with van der Waals surface area (Å²) in [5, 5.41) is 16.8. The molecule has 0 aliphatic rings. The molecule has 2 N–H and O–H groups in total. The van der Waals surface area contributed by atoms with Crippen molar-refractivity contribution in [3.8, 4) is 10.6 Å². The Morgan fingerprint density at radius 1 is 1.11 bits per heavy atom. The molecule has 3 aromatic rings. The summed E-state index contributed by atoms with van der Waals surface area (Å²) in [5.74, 6) is -0.548. The molecule has 2 atom stereocenters. The van der Waals surface area contributed by atoms with Gasteiger partial charge in [-0.3, -0.25) is 14.9 Å². The predicted molar refractivity (Wildman–Crippen MR) is 109 cm³/mol. The Balaban J connectivity index is 1.71. The molecule has 0 saturated carbocycles. The van der Waals surface area contributed by atoms with Gasteiger partial charge in [-0.2, -0.15) is 0 Å². The molecule has 1 aromatic carbocycles. The van der Waals surface area contributed by atoms with Crippen LogP contribution in [-0.2, 0) is 4.79 Å². The van der Waals surface area contributed by atoms with E-state index in [1.165, 1.54) is 22.7 Å². The maximum absolute atomic E-state index is 12.8. The third-order valence-corrected chi connectivity index (χ3v) is 5.96. The average Bonchev–Trinajstić information content (AvgIpc) is 3.38. The maximum atomic E-state index is 12.8. The van der Waals surface area contributed by atoms with E-state index in [9.17, 15) is 9.59 Å². The first-order valence-electron chi connectivity index (χ1n) is 8.62. The van der Waals surface area contributed by atoms with E-state index in [-0.39, 0.29) is 17.7 Å². The maximum Gasteiger partial charge on any atom is 0.262 e. The summed E-state index contributed by atoms with van der Waals surface area (Å²) < 4.78 is 0. The van der Waals surface area contributed by atoms with Gasteiger partial charge in [0.25, 0.3) is 5.91 Å². The van der Waals surface area contributed by atoms with Crippen molar-refractivity contribution in [2.75, 3.05) is 5.32 Å². The van der Waals surface area contributed by atoms with Crippen molar-refractivity contribution < 1.29 is 9.59 Å². The van der Waals surface area contributed by atoms with Crippen LogP contribution in [-0.4, -0.2) is 28.1 Å². The van der Waals surface area contributed by atoms with Gasteiger partial charge in [0.2, 0.25) is 11.0 Å². The smallest absolute Gasteiger partial charge is 0.262 e. The normalized spacial score (nSPS) is 13.0. The zero-order valence-electron chi connectivity index (χ0n) is 15.0. The van der Waals surface area contributed by atoms with Crippen molar-refractivity contribution in [2.24, 2.45) is 5.92 Å². The topological polar surface area (TPSA) is 84.0 Å². The lowest BCUT2D eigenvalue weighted by atomic mass is 9.98. The Bertz CT molecular complexity index is 894. The largest absolute Gasteiger partial charge is 0.339 e. The minimum Gasteiger partial charge on any atom is -0.339 e. The highest BCUT2D eigenvalue weighted by atomic mass is 32.1. The lowest BCUT2D eigenvalue weighted by Gasteiger charge is -2.22. The molecule has 2 heterocycles. The molecular formula is C19H20N4O2S2. The first-order chi connectivity index (χ1) is 13.1. The van der Waals surface area contributed by atoms with E-state index in [1.807, 2.05) is 55.6 Å². The first kappa shape index (κ1) is 19.2. The molecule has 0 bridgehead atoms. The summed E-state index contributed by atoms with van der Waals surface area (Å²) in [6.07, 6.45) is 0.758. The molecule has 0 fully saturated rings. The minimum atomic E-state index is -0.645. The van der Waals surface area contributed by atoms with Crippen LogP contribution in [0.1, 0.15) is 29.9 Å². The number of nitrogens with one attached hydrogen (secondary N) is 2. The fourth-order valence-electron chi connectivity index (χ4n) is 2.48. The third-order valence-electron chi connectivity index (χ3n) is 4.20. The number of amides is 2. The monoisotopic (exact) mass is 400 g/mol. The quantitative estimate of drug-likeness (QED) is 0.627. The van der Waals surface area contributed by atoms with Gasteiger partial charge in [0.1, 0.15) is 11.0 Å². The van der Waals surface area contributed by atoms with E-state index < -0.39 is 6.04 Å². The van der Waals surface area contributed by atoms with E-state index in [2.05, 4.69) is 20.8 Å². The van der Waals surface area contributed by atoms with Crippen LogP contribution in [0.4, 0.5) is 5.13 Å². The van der Waals surface area contributed by atoms with Crippen LogP contribution in [0, 0.1) is 5.92 Å². The number of thiophene rings is 1. The van der Waals surface area contributed by atoms with Gasteiger partial charge in [0.05, 0.1) is 4.88 Å². The number of hydrogen-bond donors (Lipinski definition) is 2. The molecule has 8 heteroatoms. The number of aromatic nitrogens is 2. The number of carbonyl (C=O) groups excluding carboxylic acids is 2. The molecule has 0 spiro atoms. The predicted octanol–water partition coefficient (Wildman–Crippen LogP) is 4.05. The minimum absolute atomic E-state index is 0.0181. The second-order valence-electron chi connectivity index (χ2n) is 6.08. The van der Waals surface area contributed by atoms with E-state index >= 15 is 0 Å². The van der Waals surface area contributed by atoms with Crippen LogP contribution in [0.3, 0.4) is 0 Å². The van der Waals surface area contributed by atoms with Gasteiger partial charge in [-0.1, -0.05) is 68.0 Å². The van der Waals surface area contributed by atoms with Gasteiger partial charge >= 0.3 is 0 Å². The number of nitrogens with zero attached hydrogens (tertiary/aromatic N) is 2. The average molecular weight is 401 g/mol. The third kappa shape index (κ3) is 4.78. The molecule has 2 amide bonds. The Kier molecular flexibility index (Phi) is 6.31. The molecule has 0 unspecified atom stereocenters. The van der Waals surface area contributed by atoms with Gasteiger partial charge < -0.3 is 5.32 Å². The Morgan fingerprint density at radius 2 is 1.89 bits per heavy atom. The molecule has 6 nitrogen and oxygen atoms in total. The molecular weight excluding hydrogens is 380 g/mol. The van der Waals surface area contributed by atoms with Gasteiger partial charge in [-0.15, -0.1) is 21.5 Å². The summed E-state index contributed by atoms with van der Waals surface area (Å²) in [7, 11) is 0. The van der Waals surface area contributed by atoms with Gasteiger partial charge in [0, 0.05) is 5.56 Å².